The fourth-order valence-corrected chi connectivity index (χ4v) is 3.74. The van der Waals surface area contributed by atoms with E-state index >= 15 is 0 Å². The lowest BCUT2D eigenvalue weighted by molar-refractivity contribution is 0.0992. The lowest BCUT2D eigenvalue weighted by Gasteiger charge is -2.09. The Balaban J connectivity index is 2.28. The summed E-state index contributed by atoms with van der Waals surface area (Å²) in [5.74, 6) is -2.32. The van der Waals surface area contributed by atoms with Crippen molar-refractivity contribution in [2.45, 2.75) is 18.2 Å². The van der Waals surface area contributed by atoms with Gasteiger partial charge in [0, 0.05) is 11.5 Å². The summed E-state index contributed by atoms with van der Waals surface area (Å²) in [5, 5.41) is 8.73. The second-order valence-corrected chi connectivity index (χ2v) is 6.80. The van der Waals surface area contributed by atoms with Gasteiger partial charge in [0.15, 0.2) is 16.8 Å². The molecule has 0 aliphatic carbocycles. The van der Waals surface area contributed by atoms with E-state index in [1.807, 2.05) is 6.92 Å². The van der Waals surface area contributed by atoms with Crippen molar-refractivity contribution in [1.82, 2.24) is 3.97 Å². The molecule has 126 valence electrons. The van der Waals surface area contributed by atoms with E-state index in [2.05, 4.69) is 0 Å². The zero-order valence-electron chi connectivity index (χ0n) is 13.1. The number of Topliss-reactive ketones (excluding diaryl/α,β-unsaturated/α-hetero) is 1. The van der Waals surface area contributed by atoms with Crippen LogP contribution in [0.15, 0.2) is 47.4 Å². The fraction of sp³-hybridized carbons (Fsp3) is 0.111. The van der Waals surface area contributed by atoms with Gasteiger partial charge in [-0.15, -0.1) is 0 Å². The van der Waals surface area contributed by atoms with E-state index in [1.54, 1.807) is 30.3 Å². The summed E-state index contributed by atoms with van der Waals surface area (Å²) < 4.78 is 41.8. The van der Waals surface area contributed by atoms with Gasteiger partial charge < -0.3 is 0 Å². The van der Waals surface area contributed by atoms with Crippen LogP contribution in [0.25, 0.3) is 10.9 Å². The molecule has 0 spiro atoms. The van der Waals surface area contributed by atoms with Gasteiger partial charge in [0.25, 0.3) is 0 Å². The van der Waals surface area contributed by atoms with E-state index in [4.69, 9.17) is 5.26 Å². The van der Waals surface area contributed by atoms with Crippen molar-refractivity contribution >= 4 is 27.7 Å². The maximum Gasteiger partial charge on any atom is 0.194 e. The van der Waals surface area contributed by atoms with Gasteiger partial charge in [0.2, 0.25) is 0 Å². The zero-order valence-corrected chi connectivity index (χ0v) is 13.9. The van der Waals surface area contributed by atoms with Crippen LogP contribution in [0, 0.1) is 29.9 Å². The number of carbonyl (C=O) groups is 1. The van der Waals surface area contributed by atoms with Crippen LogP contribution in [-0.2, 0) is 11.0 Å². The van der Waals surface area contributed by atoms with Gasteiger partial charge in [-0.2, -0.15) is 5.26 Å². The van der Waals surface area contributed by atoms with Gasteiger partial charge in [-0.05, 0) is 31.2 Å². The van der Waals surface area contributed by atoms with Gasteiger partial charge in [0.05, 0.1) is 16.5 Å². The van der Waals surface area contributed by atoms with Crippen LogP contribution in [0.5, 0.6) is 0 Å². The van der Waals surface area contributed by atoms with Crippen molar-refractivity contribution in [3.8, 4) is 6.07 Å². The molecule has 4 nitrogen and oxygen atoms in total. The first-order valence-corrected chi connectivity index (χ1v) is 8.42. The van der Waals surface area contributed by atoms with E-state index in [-0.39, 0.29) is 16.6 Å². The van der Waals surface area contributed by atoms with Gasteiger partial charge >= 0.3 is 0 Å². The van der Waals surface area contributed by atoms with Crippen LogP contribution in [-0.4, -0.2) is 14.0 Å². The summed E-state index contributed by atoms with van der Waals surface area (Å²) in [7, 11) is -1.90. The number of hydrogen-bond donors (Lipinski definition) is 0. The summed E-state index contributed by atoms with van der Waals surface area (Å²) in [6, 6.07) is 11.4. The number of hydrogen-bond acceptors (Lipinski definition) is 3. The fourth-order valence-electron chi connectivity index (χ4n) is 2.50. The van der Waals surface area contributed by atoms with Crippen LogP contribution in [0.2, 0.25) is 0 Å². The summed E-state index contributed by atoms with van der Waals surface area (Å²) >= 11 is 0. The third-order valence-corrected chi connectivity index (χ3v) is 5.11. The molecule has 0 aliphatic rings. The first kappa shape index (κ1) is 17.0. The largest absolute Gasteiger partial charge is 0.291 e. The predicted molar refractivity (Wildman–Crippen MR) is 89.4 cm³/mol. The first-order chi connectivity index (χ1) is 11.9. The van der Waals surface area contributed by atoms with Crippen LogP contribution >= 0.6 is 0 Å². The average molecular weight is 358 g/mol. The number of fused-ring (bicyclic) bond motifs is 1. The molecule has 3 rings (SSSR count). The number of aromatic nitrogens is 1. The molecule has 0 amide bonds. The van der Waals surface area contributed by atoms with E-state index in [1.165, 1.54) is 6.07 Å². The molecule has 0 N–H and O–H groups in total. The topological polar surface area (TPSA) is 62.9 Å². The minimum atomic E-state index is -1.90. The molecule has 1 atom stereocenters. The lowest BCUT2D eigenvalue weighted by Crippen LogP contribution is -2.13. The number of carbonyl (C=O) groups excluding carboxylic acids is 1. The summed E-state index contributed by atoms with van der Waals surface area (Å²) in [6.45, 7) is 1.87. The maximum absolute atomic E-state index is 14.1. The van der Waals surface area contributed by atoms with Crippen LogP contribution in [0.3, 0.4) is 0 Å². The molecule has 1 unspecified atom stereocenters. The highest BCUT2D eigenvalue weighted by Crippen LogP contribution is 2.27. The minimum Gasteiger partial charge on any atom is -0.291 e. The number of benzene rings is 2. The average Bonchev–Trinajstić information content (AvgIpc) is 2.95. The van der Waals surface area contributed by atoms with Crippen molar-refractivity contribution < 1.29 is 17.8 Å². The normalized spacial score (nSPS) is 12.1. The van der Waals surface area contributed by atoms with Gasteiger partial charge in [-0.3, -0.25) is 8.77 Å². The Labute approximate surface area is 144 Å². The molecule has 0 saturated heterocycles. The highest BCUT2D eigenvalue weighted by Gasteiger charge is 2.22. The van der Waals surface area contributed by atoms with Crippen LogP contribution in [0.1, 0.15) is 22.5 Å². The van der Waals surface area contributed by atoms with E-state index in [0.717, 1.165) is 15.6 Å². The summed E-state index contributed by atoms with van der Waals surface area (Å²) in [4.78, 5) is 12.6. The Morgan fingerprint density at radius 2 is 1.88 bits per heavy atom. The Kier molecular flexibility index (Phi) is 4.47. The summed E-state index contributed by atoms with van der Waals surface area (Å²) in [6.07, 6.45) is -0.453. The molecule has 0 fully saturated rings. The molecule has 0 saturated carbocycles. The standard InChI is InChI=1S/C18H12F2N2O2S/c1-11-2-4-13(5-3-11)25(24)22-16-9-12(19)8-15(20)14(16)10-17(22)18(23)6-7-21/h2-5,8-10H,6H2,1H3. The monoisotopic (exact) mass is 358 g/mol. The van der Waals surface area contributed by atoms with Crippen molar-refractivity contribution in [1.29, 1.82) is 5.26 Å². The van der Waals surface area contributed by atoms with E-state index < -0.39 is 34.8 Å². The molecular weight excluding hydrogens is 346 g/mol. The second kappa shape index (κ2) is 6.57. The molecule has 1 heterocycles. The van der Waals surface area contributed by atoms with Crippen molar-refractivity contribution in [2.24, 2.45) is 0 Å². The molecule has 3 aromatic rings. The Morgan fingerprint density at radius 3 is 2.52 bits per heavy atom. The van der Waals surface area contributed by atoms with Gasteiger partial charge in [0.1, 0.15) is 23.7 Å². The highest BCUT2D eigenvalue weighted by atomic mass is 32.2. The van der Waals surface area contributed by atoms with Gasteiger partial charge in [-0.1, -0.05) is 17.7 Å². The molecule has 25 heavy (non-hydrogen) atoms. The number of aryl methyl sites for hydroxylation is 1. The zero-order chi connectivity index (χ0) is 18.1. The van der Waals surface area contributed by atoms with E-state index in [0.29, 0.717) is 11.0 Å². The van der Waals surface area contributed by atoms with E-state index in [9.17, 15) is 17.8 Å². The van der Waals surface area contributed by atoms with Crippen LogP contribution < -0.4 is 0 Å². The number of rotatable bonds is 4. The van der Waals surface area contributed by atoms with Crippen LogP contribution in [0.4, 0.5) is 8.78 Å². The molecule has 2 aromatic carbocycles. The molecule has 0 radical (unpaired) electrons. The second-order valence-electron chi connectivity index (χ2n) is 5.46. The Morgan fingerprint density at radius 1 is 1.20 bits per heavy atom. The predicted octanol–water partition coefficient (Wildman–Crippen LogP) is 3.90. The van der Waals surface area contributed by atoms with Crippen molar-refractivity contribution in [3.63, 3.8) is 0 Å². The SMILES string of the molecule is Cc1ccc(S(=O)n2c(C(=O)CC#N)cc3c(F)cc(F)cc32)cc1. The minimum absolute atomic E-state index is 0.00213. The first-order valence-electron chi connectivity index (χ1n) is 7.32. The molecule has 0 bridgehead atoms. The number of ketones is 1. The highest BCUT2D eigenvalue weighted by molar-refractivity contribution is 7.83. The number of nitrogens with zero attached hydrogens (tertiary/aromatic N) is 2. The third kappa shape index (κ3) is 3.08. The van der Waals surface area contributed by atoms with Crippen molar-refractivity contribution in [3.05, 3.63) is 65.4 Å². The molecule has 7 heteroatoms. The number of nitriles is 1. The molecule has 0 aliphatic heterocycles. The molecule has 1 aromatic heterocycles. The Bertz CT molecular complexity index is 1050. The molecular formula is C18H12F2N2O2S. The third-order valence-electron chi connectivity index (χ3n) is 3.70. The number of halogens is 2. The lowest BCUT2D eigenvalue weighted by atomic mass is 10.2. The van der Waals surface area contributed by atoms with Gasteiger partial charge in [-0.25, -0.2) is 13.0 Å². The Hall–Kier alpha value is -2.85. The van der Waals surface area contributed by atoms with Crippen molar-refractivity contribution in [2.75, 3.05) is 0 Å². The maximum atomic E-state index is 14.1. The summed E-state index contributed by atoms with van der Waals surface area (Å²) in [5.41, 5.74) is 0.855. The smallest absolute Gasteiger partial charge is 0.194 e. The quantitative estimate of drug-likeness (QED) is 0.665.